The van der Waals surface area contributed by atoms with Gasteiger partial charge in [-0.05, 0) is 58.4 Å². The van der Waals surface area contributed by atoms with Gasteiger partial charge in [-0.2, -0.15) is 0 Å². The van der Waals surface area contributed by atoms with E-state index in [0.29, 0.717) is 11.6 Å². The van der Waals surface area contributed by atoms with Crippen molar-refractivity contribution in [3.05, 3.63) is 34.3 Å². The van der Waals surface area contributed by atoms with Crippen molar-refractivity contribution >= 4 is 24.8 Å². The molecular formula is C17H25BClNO3. The Morgan fingerprint density at radius 1 is 1.26 bits per heavy atom. The smallest absolute Gasteiger partial charge is 0.491 e. The van der Waals surface area contributed by atoms with Crippen LogP contribution in [0.1, 0.15) is 33.3 Å². The van der Waals surface area contributed by atoms with Crippen molar-refractivity contribution in [1.29, 1.82) is 0 Å². The van der Waals surface area contributed by atoms with Gasteiger partial charge in [0.05, 0.1) is 18.3 Å². The summed E-state index contributed by atoms with van der Waals surface area (Å²) in [6.45, 7) is 8.85. The average Bonchev–Trinajstić information content (AvgIpc) is 2.68. The van der Waals surface area contributed by atoms with Gasteiger partial charge >= 0.3 is 7.12 Å². The summed E-state index contributed by atoms with van der Waals surface area (Å²) in [5, 5.41) is 3.82. The number of hydrogen-bond acceptors (Lipinski definition) is 4. The van der Waals surface area contributed by atoms with E-state index >= 15 is 0 Å². The maximum atomic E-state index is 6.15. The lowest BCUT2D eigenvalue weighted by Crippen LogP contribution is -2.41. The number of ether oxygens (including phenoxy) is 1. The maximum absolute atomic E-state index is 6.15. The molecule has 0 saturated carbocycles. The third-order valence-electron chi connectivity index (χ3n) is 4.47. The lowest BCUT2D eigenvalue weighted by molar-refractivity contribution is 0.00578. The standard InChI is InChI=1S/C17H25BClNO3/c1-16(2)17(3,4)23-18(22-16)13(11-20-5)9-12-7-8-14(19)10-15(12)21-6/h7-10,20H,11H2,1-6H3. The summed E-state index contributed by atoms with van der Waals surface area (Å²) < 4.78 is 17.7. The number of likely N-dealkylation sites (N-methyl/N-ethyl adjacent to an activating group) is 1. The summed E-state index contributed by atoms with van der Waals surface area (Å²) in [5.41, 5.74) is 1.21. The van der Waals surface area contributed by atoms with E-state index in [9.17, 15) is 0 Å². The summed E-state index contributed by atoms with van der Waals surface area (Å²) in [5.74, 6) is 0.725. The first-order chi connectivity index (χ1) is 10.7. The van der Waals surface area contributed by atoms with Crippen LogP contribution in [0.25, 0.3) is 6.08 Å². The Balaban J connectivity index is 2.36. The molecule has 1 heterocycles. The van der Waals surface area contributed by atoms with Gasteiger partial charge in [-0.1, -0.05) is 17.7 Å². The van der Waals surface area contributed by atoms with Crippen molar-refractivity contribution in [2.75, 3.05) is 20.7 Å². The molecule has 0 unspecified atom stereocenters. The molecule has 1 aromatic rings. The number of hydrogen-bond donors (Lipinski definition) is 1. The third-order valence-corrected chi connectivity index (χ3v) is 4.71. The number of rotatable bonds is 5. The molecule has 1 aromatic carbocycles. The second kappa shape index (κ2) is 6.85. The average molecular weight is 338 g/mol. The Kier molecular flexibility index (Phi) is 5.46. The van der Waals surface area contributed by atoms with Gasteiger partial charge in [-0.25, -0.2) is 0 Å². The van der Waals surface area contributed by atoms with Crippen LogP contribution in [0.5, 0.6) is 5.75 Å². The van der Waals surface area contributed by atoms with Crippen molar-refractivity contribution < 1.29 is 14.0 Å². The topological polar surface area (TPSA) is 39.7 Å². The lowest BCUT2D eigenvalue weighted by Gasteiger charge is -2.32. The van der Waals surface area contributed by atoms with Crippen LogP contribution in [0.2, 0.25) is 5.02 Å². The highest BCUT2D eigenvalue weighted by Gasteiger charge is 2.52. The van der Waals surface area contributed by atoms with Crippen LogP contribution in [-0.2, 0) is 9.31 Å². The molecule has 6 heteroatoms. The predicted molar refractivity (Wildman–Crippen MR) is 96.0 cm³/mol. The first-order valence-electron chi connectivity index (χ1n) is 7.74. The monoisotopic (exact) mass is 337 g/mol. The molecule has 0 bridgehead atoms. The largest absolute Gasteiger partial charge is 0.496 e. The molecule has 1 aliphatic heterocycles. The minimum atomic E-state index is -0.396. The molecule has 0 aliphatic carbocycles. The minimum Gasteiger partial charge on any atom is -0.496 e. The van der Waals surface area contributed by atoms with Gasteiger partial charge in [0.1, 0.15) is 5.75 Å². The van der Waals surface area contributed by atoms with Crippen molar-refractivity contribution in [3.8, 4) is 5.75 Å². The number of benzene rings is 1. The maximum Gasteiger partial charge on any atom is 0.491 e. The fraction of sp³-hybridized carbons (Fsp3) is 0.529. The molecule has 0 aromatic heterocycles. The van der Waals surface area contributed by atoms with Crippen LogP contribution < -0.4 is 10.1 Å². The summed E-state index contributed by atoms with van der Waals surface area (Å²) >= 11 is 6.03. The molecule has 1 N–H and O–H groups in total. The van der Waals surface area contributed by atoms with E-state index in [1.165, 1.54) is 0 Å². The first kappa shape index (κ1) is 18.3. The molecule has 1 saturated heterocycles. The fourth-order valence-corrected chi connectivity index (χ4v) is 2.57. The van der Waals surface area contributed by atoms with Gasteiger partial charge in [0.15, 0.2) is 0 Å². The number of nitrogens with one attached hydrogen (secondary N) is 1. The molecule has 4 nitrogen and oxygen atoms in total. The Bertz CT molecular complexity index is 586. The zero-order valence-electron chi connectivity index (χ0n) is 14.7. The van der Waals surface area contributed by atoms with E-state index in [1.807, 2.05) is 53.0 Å². The third kappa shape index (κ3) is 3.91. The lowest BCUT2D eigenvalue weighted by atomic mass is 9.77. The second-order valence-electron chi connectivity index (χ2n) is 6.72. The van der Waals surface area contributed by atoms with Gasteiger partial charge in [-0.15, -0.1) is 0 Å². The van der Waals surface area contributed by atoms with Gasteiger partial charge in [-0.3, -0.25) is 0 Å². The van der Waals surface area contributed by atoms with Crippen LogP contribution in [-0.4, -0.2) is 39.0 Å². The molecule has 23 heavy (non-hydrogen) atoms. The van der Waals surface area contributed by atoms with Gasteiger partial charge in [0.2, 0.25) is 0 Å². The van der Waals surface area contributed by atoms with E-state index in [4.69, 9.17) is 25.6 Å². The summed E-state index contributed by atoms with van der Waals surface area (Å²) in [6, 6.07) is 5.58. The molecule has 0 atom stereocenters. The molecule has 126 valence electrons. The molecule has 1 fully saturated rings. The Hall–Kier alpha value is -1.01. The van der Waals surface area contributed by atoms with Crippen molar-refractivity contribution in [2.45, 2.75) is 38.9 Å². The van der Waals surface area contributed by atoms with Crippen LogP contribution in [0.15, 0.2) is 23.7 Å². The predicted octanol–water partition coefficient (Wildman–Crippen LogP) is 3.58. The number of halogens is 1. The zero-order chi connectivity index (χ0) is 17.3. The van der Waals surface area contributed by atoms with Crippen LogP contribution >= 0.6 is 11.6 Å². The summed E-state index contributed by atoms with van der Waals surface area (Å²) in [4.78, 5) is 0. The van der Waals surface area contributed by atoms with Crippen molar-refractivity contribution in [3.63, 3.8) is 0 Å². The summed E-state index contributed by atoms with van der Waals surface area (Å²) in [7, 11) is 3.14. The summed E-state index contributed by atoms with van der Waals surface area (Å²) in [6.07, 6.45) is 2.04. The van der Waals surface area contributed by atoms with E-state index in [0.717, 1.165) is 16.8 Å². The first-order valence-corrected chi connectivity index (χ1v) is 8.12. The van der Waals surface area contributed by atoms with Crippen molar-refractivity contribution in [2.24, 2.45) is 0 Å². The Morgan fingerprint density at radius 3 is 2.39 bits per heavy atom. The van der Waals surface area contributed by atoms with E-state index in [-0.39, 0.29) is 11.2 Å². The van der Waals surface area contributed by atoms with Crippen molar-refractivity contribution in [1.82, 2.24) is 5.32 Å². The molecule has 0 radical (unpaired) electrons. The fourth-order valence-electron chi connectivity index (χ4n) is 2.40. The molecular weight excluding hydrogens is 312 g/mol. The zero-order valence-corrected chi connectivity index (χ0v) is 15.5. The Morgan fingerprint density at radius 2 is 1.87 bits per heavy atom. The van der Waals surface area contributed by atoms with Gasteiger partial charge in [0.25, 0.3) is 0 Å². The Labute approximate surface area is 144 Å². The molecule has 2 rings (SSSR count). The van der Waals surface area contributed by atoms with E-state index in [1.54, 1.807) is 13.2 Å². The molecule has 0 spiro atoms. The quantitative estimate of drug-likeness (QED) is 0.834. The SMILES string of the molecule is CNCC(=Cc1ccc(Cl)cc1OC)B1OC(C)(C)C(C)(C)O1. The molecule has 1 aliphatic rings. The highest BCUT2D eigenvalue weighted by Crippen LogP contribution is 2.39. The number of methoxy groups -OCH3 is 1. The van der Waals surface area contributed by atoms with E-state index in [2.05, 4.69) is 5.32 Å². The highest BCUT2D eigenvalue weighted by molar-refractivity contribution is 6.56. The van der Waals surface area contributed by atoms with Crippen LogP contribution in [0, 0.1) is 0 Å². The highest BCUT2D eigenvalue weighted by atomic mass is 35.5. The van der Waals surface area contributed by atoms with Gasteiger partial charge < -0.3 is 19.4 Å². The van der Waals surface area contributed by atoms with Crippen LogP contribution in [0.3, 0.4) is 0 Å². The normalized spacial score (nSPS) is 20.0. The van der Waals surface area contributed by atoms with Crippen LogP contribution in [0.4, 0.5) is 0 Å². The second-order valence-corrected chi connectivity index (χ2v) is 7.16. The van der Waals surface area contributed by atoms with E-state index < -0.39 is 7.12 Å². The minimum absolute atomic E-state index is 0.366. The molecule has 0 amide bonds. The van der Waals surface area contributed by atoms with Gasteiger partial charge in [0, 0.05) is 17.1 Å².